The number of piperidine rings is 1. The molecule has 0 spiro atoms. The number of nitrogens with one attached hydrogen (secondary N) is 2. The van der Waals surface area contributed by atoms with Gasteiger partial charge in [-0.3, -0.25) is 4.79 Å². The lowest BCUT2D eigenvalue weighted by Crippen LogP contribution is -2.41. The molecular weight excluding hydrogens is 462 g/mol. The average molecular weight is 486 g/mol. The number of aryl methyl sites for hydroxylation is 1. The molecule has 0 radical (unpaired) electrons. The lowest BCUT2D eigenvalue weighted by atomic mass is 9.99. The Balaban J connectivity index is 1.40. The van der Waals surface area contributed by atoms with Crippen LogP contribution in [0.15, 0.2) is 42.5 Å². The number of likely N-dealkylation sites (tertiary alicyclic amines) is 1. The summed E-state index contributed by atoms with van der Waals surface area (Å²) in [5, 5.41) is 15.6. The van der Waals surface area contributed by atoms with Crippen LogP contribution in [0.25, 0.3) is 0 Å². The molecule has 2 aromatic carbocycles. The molecule has 2 N–H and O–H groups in total. The van der Waals surface area contributed by atoms with E-state index in [0.717, 1.165) is 23.4 Å². The van der Waals surface area contributed by atoms with Crippen LogP contribution in [0, 0.1) is 6.92 Å². The Morgan fingerprint density at radius 1 is 1.18 bits per heavy atom. The Bertz CT molecular complexity index is 1170. The second kappa shape index (κ2) is 10.2. The van der Waals surface area contributed by atoms with E-state index in [1.54, 1.807) is 36.3 Å². The van der Waals surface area contributed by atoms with Crippen LogP contribution in [0.3, 0.4) is 0 Å². The number of aromatic nitrogens is 2. The highest BCUT2D eigenvalue weighted by Crippen LogP contribution is 2.31. The number of carbonyl (C=O) groups is 2. The van der Waals surface area contributed by atoms with Crippen LogP contribution in [0.5, 0.6) is 5.75 Å². The quantitative estimate of drug-likeness (QED) is 0.519. The smallest absolute Gasteiger partial charge is 0.321 e. The first-order valence-corrected chi connectivity index (χ1v) is 11.7. The highest BCUT2D eigenvalue weighted by Gasteiger charge is 2.28. The molecule has 3 aromatic rings. The van der Waals surface area contributed by atoms with Crippen molar-refractivity contribution < 1.29 is 14.3 Å². The van der Waals surface area contributed by atoms with Crippen LogP contribution in [0.1, 0.15) is 39.1 Å². The Kier molecular flexibility index (Phi) is 7.10. The van der Waals surface area contributed by atoms with Crippen LogP contribution in [-0.2, 0) is 0 Å². The zero-order valence-electron chi connectivity index (χ0n) is 18.3. The average Bonchev–Trinajstić information content (AvgIpc) is 3.30. The van der Waals surface area contributed by atoms with E-state index >= 15 is 0 Å². The molecule has 2 heterocycles. The summed E-state index contributed by atoms with van der Waals surface area (Å²) in [6.45, 7) is 3.11. The van der Waals surface area contributed by atoms with Gasteiger partial charge in [-0.15, -0.1) is 10.2 Å². The number of hydrogen-bond donors (Lipinski definition) is 2. The summed E-state index contributed by atoms with van der Waals surface area (Å²) >= 11 is 7.22. The first kappa shape index (κ1) is 23.0. The second-order valence-electron chi connectivity index (χ2n) is 7.83. The molecule has 1 atom stereocenters. The van der Waals surface area contributed by atoms with Gasteiger partial charge < -0.3 is 20.3 Å². The molecule has 172 valence electrons. The summed E-state index contributed by atoms with van der Waals surface area (Å²) in [6.07, 6.45) is 1.72. The summed E-state index contributed by atoms with van der Waals surface area (Å²) in [5.74, 6) is 0.300. The van der Waals surface area contributed by atoms with Crippen molar-refractivity contribution in [2.75, 3.05) is 30.8 Å². The Hall–Kier alpha value is -3.17. The molecule has 0 bridgehead atoms. The van der Waals surface area contributed by atoms with E-state index in [1.165, 1.54) is 11.3 Å². The Morgan fingerprint density at radius 2 is 2.03 bits per heavy atom. The molecule has 33 heavy (non-hydrogen) atoms. The number of carbonyl (C=O) groups excluding carboxylic acids is 2. The van der Waals surface area contributed by atoms with Crippen molar-refractivity contribution in [2.45, 2.75) is 25.7 Å². The van der Waals surface area contributed by atoms with Gasteiger partial charge >= 0.3 is 6.03 Å². The number of amides is 3. The zero-order chi connectivity index (χ0) is 23.4. The first-order valence-electron chi connectivity index (χ1n) is 10.5. The van der Waals surface area contributed by atoms with E-state index in [0.29, 0.717) is 35.2 Å². The maximum atomic E-state index is 12.9. The molecule has 1 aliphatic heterocycles. The molecule has 1 aromatic heterocycles. The summed E-state index contributed by atoms with van der Waals surface area (Å²) in [5.41, 5.74) is 2.26. The summed E-state index contributed by atoms with van der Waals surface area (Å²) in [4.78, 5) is 27.2. The van der Waals surface area contributed by atoms with Crippen LogP contribution in [-0.4, -0.2) is 47.2 Å². The van der Waals surface area contributed by atoms with Crippen molar-refractivity contribution in [3.63, 3.8) is 0 Å². The minimum Gasteiger partial charge on any atom is -0.495 e. The zero-order valence-corrected chi connectivity index (χ0v) is 19.9. The number of anilines is 2. The van der Waals surface area contributed by atoms with Gasteiger partial charge in [0.15, 0.2) is 0 Å². The van der Waals surface area contributed by atoms with Gasteiger partial charge in [-0.25, -0.2) is 4.79 Å². The molecule has 8 nitrogen and oxygen atoms in total. The van der Waals surface area contributed by atoms with Gasteiger partial charge in [-0.1, -0.05) is 35.1 Å². The number of halogens is 1. The number of nitrogens with zero attached hydrogens (tertiary/aromatic N) is 3. The predicted molar refractivity (Wildman–Crippen MR) is 130 cm³/mol. The van der Waals surface area contributed by atoms with Gasteiger partial charge in [0.05, 0.1) is 12.8 Å². The fraction of sp³-hybridized carbons (Fsp3) is 0.304. The minimum atomic E-state index is -0.335. The van der Waals surface area contributed by atoms with Gasteiger partial charge in [0.1, 0.15) is 10.8 Å². The maximum absolute atomic E-state index is 12.9. The molecule has 0 saturated carbocycles. The van der Waals surface area contributed by atoms with Gasteiger partial charge in [0, 0.05) is 29.7 Å². The summed E-state index contributed by atoms with van der Waals surface area (Å²) in [7, 11) is 1.58. The molecule has 1 unspecified atom stereocenters. The fourth-order valence-corrected chi connectivity index (χ4v) is 4.77. The Labute approximate surface area is 200 Å². The lowest BCUT2D eigenvalue weighted by Gasteiger charge is -2.31. The molecule has 1 aliphatic rings. The van der Waals surface area contributed by atoms with Crippen molar-refractivity contribution in [1.29, 1.82) is 0 Å². The first-order chi connectivity index (χ1) is 15.9. The highest BCUT2D eigenvalue weighted by atomic mass is 35.5. The fourth-order valence-electron chi connectivity index (χ4n) is 3.72. The monoisotopic (exact) mass is 485 g/mol. The molecule has 3 amide bonds. The minimum absolute atomic E-state index is 0.0223. The van der Waals surface area contributed by atoms with Crippen LogP contribution in [0.4, 0.5) is 16.2 Å². The Morgan fingerprint density at radius 3 is 2.82 bits per heavy atom. The van der Waals surface area contributed by atoms with Crippen molar-refractivity contribution in [3.05, 3.63) is 63.1 Å². The van der Waals surface area contributed by atoms with Crippen molar-refractivity contribution in [1.82, 2.24) is 15.1 Å². The molecule has 10 heteroatoms. The molecular formula is C23H24ClN5O3S. The highest BCUT2D eigenvalue weighted by molar-refractivity contribution is 7.13. The number of rotatable bonds is 5. The van der Waals surface area contributed by atoms with Gasteiger partial charge in [-0.05, 0) is 55.7 Å². The summed E-state index contributed by atoms with van der Waals surface area (Å²) in [6, 6.07) is 12.4. The topological polar surface area (TPSA) is 96.4 Å². The third kappa shape index (κ3) is 5.61. The number of ether oxygens (including phenoxy) is 1. The van der Waals surface area contributed by atoms with Crippen LogP contribution in [0.2, 0.25) is 5.02 Å². The van der Waals surface area contributed by atoms with Gasteiger partial charge in [0.2, 0.25) is 5.01 Å². The van der Waals surface area contributed by atoms with Crippen molar-refractivity contribution in [2.24, 2.45) is 0 Å². The number of hydrogen-bond acceptors (Lipinski definition) is 6. The normalized spacial score (nSPS) is 15.7. The number of methoxy groups -OCH3 is 1. The second-order valence-corrected chi connectivity index (χ2v) is 9.27. The van der Waals surface area contributed by atoms with E-state index < -0.39 is 0 Å². The number of benzene rings is 2. The molecule has 1 fully saturated rings. The van der Waals surface area contributed by atoms with Crippen LogP contribution >= 0.6 is 22.9 Å². The van der Waals surface area contributed by atoms with Gasteiger partial charge in [0.25, 0.3) is 5.91 Å². The summed E-state index contributed by atoms with van der Waals surface area (Å²) < 4.78 is 5.36. The standard InChI is InChI=1S/C23H24ClN5O3S/c1-14-8-9-19(32-2)18(11-14)26-23(31)29-10-4-5-15(13-29)21-27-28-22(33-21)20(30)25-17-7-3-6-16(24)12-17/h3,6-9,11-12,15H,4-5,10,13H2,1-2H3,(H,25,30)(H,26,31). The van der Waals surface area contributed by atoms with E-state index in [4.69, 9.17) is 16.3 Å². The maximum Gasteiger partial charge on any atom is 0.321 e. The third-order valence-electron chi connectivity index (χ3n) is 5.37. The SMILES string of the molecule is COc1ccc(C)cc1NC(=O)N1CCCC(c2nnc(C(=O)Nc3cccc(Cl)c3)s2)C1. The van der Waals surface area contributed by atoms with Crippen molar-refractivity contribution in [3.8, 4) is 5.75 Å². The molecule has 4 rings (SSSR count). The van der Waals surface area contributed by atoms with E-state index in [1.807, 2.05) is 25.1 Å². The van der Waals surface area contributed by atoms with Crippen LogP contribution < -0.4 is 15.4 Å². The lowest BCUT2D eigenvalue weighted by molar-refractivity contribution is 0.102. The molecule has 1 saturated heterocycles. The van der Waals surface area contributed by atoms with E-state index in [9.17, 15) is 9.59 Å². The van der Waals surface area contributed by atoms with E-state index in [2.05, 4.69) is 20.8 Å². The number of urea groups is 1. The van der Waals surface area contributed by atoms with Gasteiger partial charge in [-0.2, -0.15) is 0 Å². The van der Waals surface area contributed by atoms with E-state index in [-0.39, 0.29) is 22.9 Å². The molecule has 0 aliphatic carbocycles. The third-order valence-corrected chi connectivity index (χ3v) is 6.69. The largest absolute Gasteiger partial charge is 0.495 e. The van der Waals surface area contributed by atoms with Crippen molar-refractivity contribution >= 4 is 46.3 Å². The predicted octanol–water partition coefficient (Wildman–Crippen LogP) is 5.17.